The van der Waals surface area contributed by atoms with E-state index in [0.717, 1.165) is 32.1 Å². The molecule has 0 aromatic heterocycles. The second kappa shape index (κ2) is 10.3. The van der Waals surface area contributed by atoms with Gasteiger partial charge in [0.15, 0.2) is 11.6 Å². The molecule has 0 radical (unpaired) electrons. The standard InChI is InChI=1S/C28H35F2NO2/c1-28(2,16-20-11-22-8-4-5-9-23(22)12-20)31-17-21-13-24(32)10-6-3-7-19-14-25(29)27(30)26(15-19)33-18-21/h4-5,8-9,14-15,20-21,31H,3,6-7,10-13,16-18H2,1-2H3/t21-/m1/s1. The number of benzene rings is 2. The van der Waals surface area contributed by atoms with Gasteiger partial charge >= 0.3 is 0 Å². The van der Waals surface area contributed by atoms with E-state index in [-0.39, 0.29) is 29.6 Å². The van der Waals surface area contributed by atoms with E-state index in [4.69, 9.17) is 4.74 Å². The number of carbonyl (C=O) groups excluding carboxylic acids is 1. The van der Waals surface area contributed by atoms with E-state index in [0.29, 0.717) is 37.3 Å². The van der Waals surface area contributed by atoms with Crippen molar-refractivity contribution in [3.8, 4) is 5.75 Å². The SMILES string of the molecule is CC(C)(CC1Cc2ccccc2C1)NC[C@@H]1COc2cc(cc(F)c2F)CCCCC(=O)C1. The Balaban J connectivity index is 1.38. The zero-order valence-corrected chi connectivity index (χ0v) is 19.8. The minimum atomic E-state index is -0.949. The van der Waals surface area contributed by atoms with Crippen LogP contribution in [0.2, 0.25) is 0 Å². The molecule has 178 valence electrons. The number of fused-ring (bicyclic) bond motifs is 3. The van der Waals surface area contributed by atoms with E-state index in [9.17, 15) is 13.6 Å². The van der Waals surface area contributed by atoms with Crippen LogP contribution in [0.1, 0.15) is 62.6 Å². The van der Waals surface area contributed by atoms with E-state index < -0.39 is 11.6 Å². The summed E-state index contributed by atoms with van der Waals surface area (Å²) in [5.41, 5.74) is 3.52. The number of aryl methyl sites for hydroxylation is 1. The summed E-state index contributed by atoms with van der Waals surface area (Å²) in [7, 11) is 0. The predicted octanol–water partition coefficient (Wildman–Crippen LogP) is 5.82. The number of ether oxygens (including phenoxy) is 1. The van der Waals surface area contributed by atoms with E-state index >= 15 is 0 Å². The van der Waals surface area contributed by atoms with Crippen LogP contribution in [-0.4, -0.2) is 24.5 Å². The van der Waals surface area contributed by atoms with Crippen LogP contribution in [0.3, 0.4) is 0 Å². The summed E-state index contributed by atoms with van der Waals surface area (Å²) in [5.74, 6) is -1.16. The first-order chi connectivity index (χ1) is 15.8. The molecule has 2 aromatic rings. The van der Waals surface area contributed by atoms with Gasteiger partial charge in [0.25, 0.3) is 0 Å². The summed E-state index contributed by atoms with van der Waals surface area (Å²) in [6, 6.07) is 11.5. The second-order valence-electron chi connectivity index (χ2n) is 10.5. The number of hydrogen-bond acceptors (Lipinski definition) is 3. The highest BCUT2D eigenvalue weighted by Gasteiger charge is 2.29. The van der Waals surface area contributed by atoms with Crippen molar-refractivity contribution >= 4 is 5.78 Å². The third-order valence-corrected chi connectivity index (χ3v) is 7.02. The summed E-state index contributed by atoms with van der Waals surface area (Å²) < 4.78 is 34.0. The highest BCUT2D eigenvalue weighted by molar-refractivity contribution is 5.78. The van der Waals surface area contributed by atoms with Gasteiger partial charge in [-0.25, -0.2) is 4.39 Å². The lowest BCUT2D eigenvalue weighted by atomic mass is 9.88. The maximum atomic E-state index is 14.3. The van der Waals surface area contributed by atoms with Gasteiger partial charge in [-0.1, -0.05) is 24.3 Å². The van der Waals surface area contributed by atoms with Gasteiger partial charge in [0.2, 0.25) is 5.82 Å². The molecule has 33 heavy (non-hydrogen) atoms. The minimum absolute atomic E-state index is 0.0500. The average Bonchev–Trinajstić information content (AvgIpc) is 3.16. The zero-order chi connectivity index (χ0) is 23.4. The van der Waals surface area contributed by atoms with E-state index in [1.165, 1.54) is 17.2 Å². The lowest BCUT2D eigenvalue weighted by Gasteiger charge is -2.31. The molecule has 0 saturated heterocycles. The summed E-state index contributed by atoms with van der Waals surface area (Å²) >= 11 is 0. The maximum absolute atomic E-state index is 14.3. The van der Waals surface area contributed by atoms with Gasteiger partial charge in [0, 0.05) is 30.8 Å². The maximum Gasteiger partial charge on any atom is 0.200 e. The summed E-state index contributed by atoms with van der Waals surface area (Å²) in [6.45, 7) is 5.19. The van der Waals surface area contributed by atoms with E-state index in [2.05, 4.69) is 43.4 Å². The molecular weight excluding hydrogens is 420 g/mol. The number of carbonyl (C=O) groups is 1. The fraction of sp³-hybridized carbons (Fsp3) is 0.536. The number of rotatable bonds is 5. The molecule has 1 aliphatic carbocycles. The molecule has 2 bridgehead atoms. The van der Waals surface area contributed by atoms with E-state index in [1.807, 2.05) is 0 Å². The molecule has 1 heterocycles. The summed E-state index contributed by atoms with van der Waals surface area (Å²) in [4.78, 5) is 12.5. The van der Waals surface area contributed by atoms with Crippen molar-refractivity contribution in [2.45, 2.75) is 70.8 Å². The molecule has 1 N–H and O–H groups in total. The van der Waals surface area contributed by atoms with Crippen LogP contribution in [-0.2, 0) is 24.1 Å². The molecule has 0 spiro atoms. The van der Waals surface area contributed by atoms with Crippen molar-refractivity contribution < 1.29 is 18.3 Å². The van der Waals surface area contributed by atoms with Crippen molar-refractivity contribution in [3.63, 3.8) is 0 Å². The van der Waals surface area contributed by atoms with Gasteiger partial charge in [0.1, 0.15) is 5.78 Å². The molecule has 4 rings (SSSR count). The highest BCUT2D eigenvalue weighted by Crippen LogP contribution is 2.32. The van der Waals surface area contributed by atoms with Gasteiger partial charge in [-0.05, 0) is 87.1 Å². The molecule has 2 aromatic carbocycles. The Morgan fingerprint density at radius 2 is 1.70 bits per heavy atom. The molecule has 3 nitrogen and oxygen atoms in total. The number of halogens is 2. The molecule has 0 saturated carbocycles. The van der Waals surface area contributed by atoms with Crippen molar-refractivity contribution in [1.29, 1.82) is 0 Å². The summed E-state index contributed by atoms with van der Waals surface area (Å²) in [6.07, 6.45) is 6.31. The highest BCUT2D eigenvalue weighted by atomic mass is 19.2. The Morgan fingerprint density at radius 1 is 1.00 bits per heavy atom. The molecule has 1 aliphatic heterocycles. The fourth-order valence-corrected chi connectivity index (χ4v) is 5.35. The largest absolute Gasteiger partial charge is 0.490 e. The Hall–Kier alpha value is -2.27. The quantitative estimate of drug-likeness (QED) is 0.618. The van der Waals surface area contributed by atoms with E-state index in [1.54, 1.807) is 6.07 Å². The minimum Gasteiger partial charge on any atom is -0.490 e. The molecule has 0 fully saturated rings. The van der Waals surface area contributed by atoms with Crippen molar-refractivity contribution in [2.24, 2.45) is 11.8 Å². The van der Waals surface area contributed by atoms with Gasteiger partial charge < -0.3 is 10.1 Å². The number of Topliss-reactive ketones (excluding diaryl/α,β-unsaturated/α-hetero) is 1. The van der Waals surface area contributed by atoms with Gasteiger partial charge in [-0.15, -0.1) is 0 Å². The van der Waals surface area contributed by atoms with Crippen molar-refractivity contribution in [1.82, 2.24) is 5.32 Å². The molecule has 1 atom stereocenters. The lowest BCUT2D eigenvalue weighted by molar-refractivity contribution is -0.120. The van der Waals surface area contributed by atoms with Gasteiger partial charge in [-0.3, -0.25) is 4.79 Å². The second-order valence-corrected chi connectivity index (χ2v) is 10.5. The first-order valence-electron chi connectivity index (χ1n) is 12.2. The molecule has 0 unspecified atom stereocenters. The smallest absolute Gasteiger partial charge is 0.200 e. The third kappa shape index (κ3) is 6.41. The predicted molar refractivity (Wildman–Crippen MR) is 127 cm³/mol. The average molecular weight is 456 g/mol. The van der Waals surface area contributed by atoms with Crippen LogP contribution in [0.25, 0.3) is 0 Å². The first kappa shape index (κ1) is 23.9. The Kier molecular flexibility index (Phi) is 7.48. The van der Waals surface area contributed by atoms with Crippen molar-refractivity contribution in [3.05, 3.63) is 64.7 Å². The van der Waals surface area contributed by atoms with Crippen LogP contribution < -0.4 is 10.1 Å². The number of ketones is 1. The lowest BCUT2D eigenvalue weighted by Crippen LogP contribution is -2.44. The van der Waals surface area contributed by atoms with Gasteiger partial charge in [0.05, 0.1) is 6.61 Å². The molecule has 0 amide bonds. The molecular formula is C28H35F2NO2. The molecule has 5 heteroatoms. The zero-order valence-electron chi connectivity index (χ0n) is 19.8. The van der Waals surface area contributed by atoms with Crippen LogP contribution in [0.15, 0.2) is 36.4 Å². The Bertz CT molecular complexity index is 963. The van der Waals surface area contributed by atoms with Crippen LogP contribution in [0.5, 0.6) is 5.75 Å². The normalized spacial score (nSPS) is 20.0. The monoisotopic (exact) mass is 455 g/mol. The summed E-state index contributed by atoms with van der Waals surface area (Å²) in [5, 5.41) is 3.65. The van der Waals surface area contributed by atoms with Crippen LogP contribution in [0, 0.1) is 23.5 Å². The van der Waals surface area contributed by atoms with Crippen LogP contribution >= 0.6 is 0 Å². The fourth-order valence-electron chi connectivity index (χ4n) is 5.35. The van der Waals surface area contributed by atoms with Crippen molar-refractivity contribution in [2.75, 3.05) is 13.2 Å². The Labute approximate surface area is 195 Å². The number of hydrogen-bond donors (Lipinski definition) is 1. The molecule has 2 aliphatic rings. The Morgan fingerprint density at radius 3 is 2.42 bits per heavy atom. The number of nitrogens with one attached hydrogen (secondary N) is 1. The topological polar surface area (TPSA) is 38.3 Å². The van der Waals surface area contributed by atoms with Gasteiger partial charge in [-0.2, -0.15) is 4.39 Å². The third-order valence-electron chi connectivity index (χ3n) is 7.02. The first-order valence-corrected chi connectivity index (χ1v) is 12.2. The van der Waals surface area contributed by atoms with Crippen LogP contribution in [0.4, 0.5) is 8.78 Å².